The number of hydrogen-bond acceptors (Lipinski definition) is 4. The Labute approximate surface area is 125 Å². The van der Waals surface area contributed by atoms with Crippen molar-refractivity contribution in [3.63, 3.8) is 0 Å². The van der Waals surface area contributed by atoms with Crippen molar-refractivity contribution in [3.05, 3.63) is 28.2 Å². The first kappa shape index (κ1) is 17.0. The van der Waals surface area contributed by atoms with E-state index in [-0.39, 0.29) is 4.47 Å². The minimum atomic E-state index is -1.29. The molecule has 0 unspecified atom stereocenters. The Hall–Kier alpha value is -2.07. The highest BCUT2D eigenvalue weighted by Gasteiger charge is 2.15. The monoisotopic (exact) mass is 366 g/mol. The summed E-state index contributed by atoms with van der Waals surface area (Å²) in [7, 11) is 0. The van der Waals surface area contributed by atoms with Crippen molar-refractivity contribution in [1.29, 1.82) is 0 Å². The lowest BCUT2D eigenvalue weighted by Crippen LogP contribution is -2.37. The zero-order valence-corrected chi connectivity index (χ0v) is 11.9. The van der Waals surface area contributed by atoms with Gasteiger partial charge in [0.2, 0.25) is 0 Å². The normalized spacial score (nSPS) is 10.0. The second-order valence-electron chi connectivity index (χ2n) is 3.63. The van der Waals surface area contributed by atoms with E-state index < -0.39 is 48.4 Å². The van der Waals surface area contributed by atoms with Gasteiger partial charge in [-0.3, -0.25) is 10.1 Å². The Balaban J connectivity index is 2.54. The number of carbonyl (C=O) groups excluding carboxylic acids is 2. The lowest BCUT2D eigenvalue weighted by atomic mass is 10.3. The third kappa shape index (κ3) is 5.83. The van der Waals surface area contributed by atoms with Gasteiger partial charge in [-0.25, -0.2) is 18.4 Å². The van der Waals surface area contributed by atoms with Crippen LogP contribution >= 0.6 is 15.9 Å². The van der Waals surface area contributed by atoms with Crippen LogP contribution in [0.15, 0.2) is 16.6 Å². The van der Waals surface area contributed by atoms with Crippen LogP contribution in [-0.2, 0) is 14.3 Å². The van der Waals surface area contributed by atoms with Crippen molar-refractivity contribution in [3.8, 4) is 0 Å². The van der Waals surface area contributed by atoms with Crippen molar-refractivity contribution in [1.82, 2.24) is 5.32 Å². The van der Waals surface area contributed by atoms with Crippen LogP contribution in [0.25, 0.3) is 0 Å². The first-order chi connectivity index (χ1) is 9.79. The van der Waals surface area contributed by atoms with Gasteiger partial charge in [-0.05, 0) is 12.1 Å². The number of aliphatic carboxylic acids is 1. The van der Waals surface area contributed by atoms with Gasteiger partial charge >= 0.3 is 12.0 Å². The Kier molecular flexibility index (Phi) is 6.18. The third-order valence-corrected chi connectivity index (χ3v) is 2.41. The Morgan fingerprint density at radius 1 is 1.19 bits per heavy atom. The van der Waals surface area contributed by atoms with Crippen LogP contribution in [0, 0.1) is 11.6 Å². The van der Waals surface area contributed by atoms with E-state index in [0.717, 1.165) is 12.1 Å². The lowest BCUT2D eigenvalue weighted by molar-refractivity contribution is -0.143. The maximum absolute atomic E-state index is 13.4. The molecule has 0 heterocycles. The highest BCUT2D eigenvalue weighted by atomic mass is 79.9. The number of rotatable bonds is 5. The van der Waals surface area contributed by atoms with Gasteiger partial charge in [0.15, 0.2) is 11.6 Å². The number of nitrogens with one attached hydrogen (secondary N) is 2. The fourth-order valence-electron chi connectivity index (χ4n) is 1.20. The molecule has 1 aromatic carbocycles. The maximum Gasteiger partial charge on any atom is 0.329 e. The number of amides is 3. The van der Waals surface area contributed by atoms with Crippen LogP contribution in [0.2, 0.25) is 0 Å². The summed E-state index contributed by atoms with van der Waals surface area (Å²) in [4.78, 5) is 32.6. The highest BCUT2D eigenvalue weighted by Crippen LogP contribution is 2.23. The molecule has 0 saturated heterocycles. The molecule has 0 radical (unpaired) electrons. The predicted octanol–water partition coefficient (Wildman–Crippen LogP) is 1.48. The first-order valence-corrected chi connectivity index (χ1v) is 6.14. The van der Waals surface area contributed by atoms with Crippen molar-refractivity contribution in [2.75, 3.05) is 18.5 Å². The minimum absolute atomic E-state index is 0.140. The van der Waals surface area contributed by atoms with E-state index in [4.69, 9.17) is 5.11 Å². The molecule has 0 fully saturated rings. The van der Waals surface area contributed by atoms with Crippen LogP contribution in [-0.4, -0.2) is 36.2 Å². The summed E-state index contributed by atoms with van der Waals surface area (Å²) in [6.07, 6.45) is 0. The summed E-state index contributed by atoms with van der Waals surface area (Å²) in [6, 6.07) is 0.673. The number of carboxylic acids is 1. The predicted molar refractivity (Wildman–Crippen MR) is 69.7 cm³/mol. The molecule has 7 nitrogen and oxygen atoms in total. The molecule has 21 heavy (non-hydrogen) atoms. The molecule has 1 rings (SSSR count). The average Bonchev–Trinajstić information content (AvgIpc) is 2.33. The average molecular weight is 367 g/mol. The minimum Gasteiger partial charge on any atom is -0.480 e. The zero-order chi connectivity index (χ0) is 16.0. The fourth-order valence-corrected chi connectivity index (χ4v) is 1.60. The standard InChI is InChI=1S/C11H9BrF2N2O5/c12-5-1-6(13)10(7(14)2-5)16-11(20)15-8(17)3-21-4-9(18)19/h1-2H,3-4H2,(H,18,19)(H2,15,16,17,20). The molecule has 3 amide bonds. The molecule has 0 aliphatic carbocycles. The molecule has 0 aromatic heterocycles. The molecule has 114 valence electrons. The summed E-state index contributed by atoms with van der Waals surface area (Å²) < 4.78 is 31.4. The number of carbonyl (C=O) groups is 3. The van der Waals surface area contributed by atoms with Gasteiger partial charge in [0, 0.05) is 4.47 Å². The van der Waals surface area contributed by atoms with E-state index >= 15 is 0 Å². The van der Waals surface area contributed by atoms with Crippen LogP contribution in [0.4, 0.5) is 19.3 Å². The molecule has 0 spiro atoms. The maximum atomic E-state index is 13.4. The smallest absolute Gasteiger partial charge is 0.329 e. The lowest BCUT2D eigenvalue weighted by Gasteiger charge is -2.09. The largest absolute Gasteiger partial charge is 0.480 e. The molecule has 0 aliphatic rings. The second kappa shape index (κ2) is 7.64. The summed E-state index contributed by atoms with van der Waals surface area (Å²) in [5, 5.41) is 11.8. The van der Waals surface area contributed by atoms with Gasteiger partial charge in [-0.15, -0.1) is 0 Å². The number of carboxylic acid groups (broad SMARTS) is 1. The number of benzene rings is 1. The third-order valence-electron chi connectivity index (χ3n) is 1.96. The zero-order valence-electron chi connectivity index (χ0n) is 10.3. The summed E-state index contributed by atoms with van der Waals surface area (Å²) in [5.41, 5.74) is -0.727. The number of urea groups is 1. The molecule has 10 heteroatoms. The molecule has 0 atom stereocenters. The summed E-state index contributed by atoms with van der Waals surface area (Å²) in [6.45, 7) is -1.41. The van der Waals surface area contributed by atoms with E-state index in [0.29, 0.717) is 0 Å². The highest BCUT2D eigenvalue weighted by molar-refractivity contribution is 9.10. The van der Waals surface area contributed by atoms with Crippen LogP contribution in [0.1, 0.15) is 0 Å². The van der Waals surface area contributed by atoms with Crippen LogP contribution in [0.5, 0.6) is 0 Å². The Morgan fingerprint density at radius 3 is 2.29 bits per heavy atom. The van der Waals surface area contributed by atoms with E-state index in [2.05, 4.69) is 20.7 Å². The second-order valence-corrected chi connectivity index (χ2v) is 4.55. The molecule has 1 aromatic rings. The molecule has 0 bridgehead atoms. The van der Waals surface area contributed by atoms with Gasteiger partial charge in [-0.2, -0.15) is 0 Å². The SMILES string of the molecule is O=C(O)COCC(=O)NC(=O)Nc1c(F)cc(Br)cc1F. The van der Waals surface area contributed by atoms with Gasteiger partial charge in [0.1, 0.15) is 18.9 Å². The number of halogens is 3. The Morgan fingerprint density at radius 2 is 1.76 bits per heavy atom. The molecule has 0 aliphatic heterocycles. The Bertz CT molecular complexity index is 559. The van der Waals surface area contributed by atoms with E-state index in [1.807, 2.05) is 5.32 Å². The molecule has 3 N–H and O–H groups in total. The van der Waals surface area contributed by atoms with Crippen molar-refractivity contribution in [2.45, 2.75) is 0 Å². The number of imide groups is 1. The topological polar surface area (TPSA) is 105 Å². The van der Waals surface area contributed by atoms with Gasteiger partial charge in [0.05, 0.1) is 0 Å². The number of hydrogen-bond donors (Lipinski definition) is 3. The fraction of sp³-hybridized carbons (Fsp3) is 0.182. The summed E-state index contributed by atoms with van der Waals surface area (Å²) in [5.74, 6) is -4.32. The molecular formula is C11H9BrF2N2O5. The number of ether oxygens (including phenoxy) is 1. The van der Waals surface area contributed by atoms with Gasteiger partial charge in [0.25, 0.3) is 5.91 Å². The first-order valence-electron chi connectivity index (χ1n) is 5.34. The summed E-state index contributed by atoms with van der Waals surface area (Å²) >= 11 is 2.87. The van der Waals surface area contributed by atoms with Crippen molar-refractivity contribution in [2.24, 2.45) is 0 Å². The van der Waals surface area contributed by atoms with E-state index in [1.54, 1.807) is 5.32 Å². The van der Waals surface area contributed by atoms with Gasteiger partial charge < -0.3 is 15.2 Å². The van der Waals surface area contributed by atoms with Crippen LogP contribution in [0.3, 0.4) is 0 Å². The van der Waals surface area contributed by atoms with Crippen LogP contribution < -0.4 is 10.6 Å². The van der Waals surface area contributed by atoms with Gasteiger partial charge in [-0.1, -0.05) is 15.9 Å². The van der Waals surface area contributed by atoms with E-state index in [1.165, 1.54) is 0 Å². The van der Waals surface area contributed by atoms with Crippen molar-refractivity contribution >= 4 is 39.5 Å². The quantitative estimate of drug-likeness (QED) is 0.731. The van der Waals surface area contributed by atoms with E-state index in [9.17, 15) is 23.2 Å². The van der Waals surface area contributed by atoms with Crippen molar-refractivity contribution < 1.29 is 33.0 Å². The number of anilines is 1. The molecular weight excluding hydrogens is 358 g/mol. The molecule has 0 saturated carbocycles.